The van der Waals surface area contributed by atoms with Gasteiger partial charge in [0.15, 0.2) is 0 Å². The van der Waals surface area contributed by atoms with E-state index in [0.29, 0.717) is 5.15 Å². The van der Waals surface area contributed by atoms with Crippen LogP contribution in [0.4, 0.5) is 5.69 Å². The minimum Gasteiger partial charge on any atom is -0.366 e. The molecule has 1 aliphatic rings. The molecule has 1 saturated heterocycles. The first-order chi connectivity index (χ1) is 6.99. The summed E-state index contributed by atoms with van der Waals surface area (Å²) < 4.78 is 0. The molecule has 0 aliphatic carbocycles. The summed E-state index contributed by atoms with van der Waals surface area (Å²) in [4.78, 5) is 6.44. The molecule has 15 heavy (non-hydrogen) atoms. The molecule has 82 valence electrons. The molecule has 1 atom stereocenters. The topological polar surface area (TPSA) is 16.1 Å². The fourth-order valence-corrected chi connectivity index (χ4v) is 2.77. The van der Waals surface area contributed by atoms with Gasteiger partial charge in [0.05, 0.1) is 0 Å². The summed E-state index contributed by atoms with van der Waals surface area (Å²) in [5.74, 6) is 0.743. The van der Waals surface area contributed by atoms with Crippen molar-refractivity contribution in [3.8, 4) is 0 Å². The van der Waals surface area contributed by atoms with Gasteiger partial charge in [0.25, 0.3) is 0 Å². The van der Waals surface area contributed by atoms with Gasteiger partial charge in [0, 0.05) is 24.0 Å². The van der Waals surface area contributed by atoms with Crippen LogP contribution in [0.15, 0.2) is 18.3 Å². The smallest absolute Gasteiger partial charge is 0.131 e. The van der Waals surface area contributed by atoms with Gasteiger partial charge in [0.1, 0.15) is 5.15 Å². The lowest BCUT2D eigenvalue weighted by atomic mass is 9.97. The Bertz CT molecular complexity index is 362. The number of anilines is 1. The van der Waals surface area contributed by atoms with Crippen LogP contribution in [0.3, 0.4) is 0 Å². The van der Waals surface area contributed by atoms with E-state index in [2.05, 4.69) is 30.7 Å². The van der Waals surface area contributed by atoms with Gasteiger partial charge in [-0.05, 0) is 38.3 Å². The zero-order chi connectivity index (χ0) is 11.1. The molecule has 2 rings (SSSR count). The van der Waals surface area contributed by atoms with Crippen molar-refractivity contribution in [3.63, 3.8) is 0 Å². The van der Waals surface area contributed by atoms with E-state index in [9.17, 15) is 0 Å². The van der Waals surface area contributed by atoms with E-state index in [4.69, 9.17) is 11.6 Å². The van der Waals surface area contributed by atoms with E-state index in [-0.39, 0.29) is 5.54 Å². The van der Waals surface area contributed by atoms with Crippen molar-refractivity contribution < 1.29 is 0 Å². The van der Waals surface area contributed by atoms with Gasteiger partial charge < -0.3 is 4.90 Å². The number of nitrogens with zero attached hydrogens (tertiary/aromatic N) is 2. The van der Waals surface area contributed by atoms with Crippen molar-refractivity contribution in [3.05, 3.63) is 23.5 Å². The second-order valence-corrected chi connectivity index (χ2v) is 5.46. The highest BCUT2D eigenvalue weighted by Crippen LogP contribution is 2.36. The van der Waals surface area contributed by atoms with E-state index in [1.165, 1.54) is 12.1 Å². The summed E-state index contributed by atoms with van der Waals surface area (Å²) in [5, 5.41) is 0.572. The van der Waals surface area contributed by atoms with Gasteiger partial charge in [-0.2, -0.15) is 0 Å². The second-order valence-electron chi connectivity index (χ2n) is 5.07. The van der Waals surface area contributed by atoms with E-state index in [1.54, 1.807) is 6.20 Å². The summed E-state index contributed by atoms with van der Waals surface area (Å²) in [6.45, 7) is 7.97. The first-order valence-corrected chi connectivity index (χ1v) is 5.76. The minimum absolute atomic E-state index is 0.226. The largest absolute Gasteiger partial charge is 0.366 e. The standard InChI is InChI=1S/C12H17ClN2/c1-9-7-12(2,3)15(8-9)10-4-5-14-11(13)6-10/h4-6,9H,7-8H2,1-3H3. The molecule has 0 saturated carbocycles. The molecule has 0 radical (unpaired) electrons. The number of pyridine rings is 1. The number of aromatic nitrogens is 1. The average molecular weight is 225 g/mol. The molecule has 0 spiro atoms. The van der Waals surface area contributed by atoms with Gasteiger partial charge in [-0.1, -0.05) is 18.5 Å². The number of hydrogen-bond acceptors (Lipinski definition) is 2. The Morgan fingerprint density at radius 2 is 2.27 bits per heavy atom. The molecule has 1 fully saturated rings. The number of rotatable bonds is 1. The van der Waals surface area contributed by atoms with Crippen molar-refractivity contribution >= 4 is 17.3 Å². The SMILES string of the molecule is CC1CN(c2ccnc(Cl)c2)C(C)(C)C1. The van der Waals surface area contributed by atoms with Crippen molar-refractivity contribution in [1.82, 2.24) is 4.98 Å². The number of hydrogen-bond donors (Lipinski definition) is 0. The quantitative estimate of drug-likeness (QED) is 0.680. The van der Waals surface area contributed by atoms with Gasteiger partial charge in [0.2, 0.25) is 0 Å². The highest BCUT2D eigenvalue weighted by molar-refractivity contribution is 6.29. The molecule has 0 bridgehead atoms. The van der Waals surface area contributed by atoms with Crippen LogP contribution >= 0.6 is 11.6 Å². The lowest BCUT2D eigenvalue weighted by Gasteiger charge is -2.33. The van der Waals surface area contributed by atoms with Crippen LogP contribution in [0.1, 0.15) is 27.2 Å². The van der Waals surface area contributed by atoms with E-state index >= 15 is 0 Å². The highest BCUT2D eigenvalue weighted by atomic mass is 35.5. The Kier molecular flexibility index (Phi) is 2.63. The summed E-state index contributed by atoms with van der Waals surface area (Å²) in [6, 6.07) is 3.98. The van der Waals surface area contributed by atoms with E-state index in [0.717, 1.165) is 12.5 Å². The molecule has 0 aromatic carbocycles. The lowest BCUT2D eigenvalue weighted by molar-refractivity contribution is 0.488. The summed E-state index contributed by atoms with van der Waals surface area (Å²) in [5.41, 5.74) is 1.41. The molecule has 3 heteroatoms. The fraction of sp³-hybridized carbons (Fsp3) is 0.583. The minimum atomic E-state index is 0.226. The Hall–Kier alpha value is -0.760. The van der Waals surface area contributed by atoms with E-state index in [1.807, 2.05) is 12.1 Å². The first kappa shape index (κ1) is 10.7. The summed E-state index contributed by atoms with van der Waals surface area (Å²) in [7, 11) is 0. The first-order valence-electron chi connectivity index (χ1n) is 5.38. The molecule has 1 unspecified atom stereocenters. The number of halogens is 1. The van der Waals surface area contributed by atoms with Crippen molar-refractivity contribution in [2.75, 3.05) is 11.4 Å². The Labute approximate surface area is 96.3 Å². The van der Waals surface area contributed by atoms with Crippen LogP contribution < -0.4 is 4.90 Å². The Morgan fingerprint density at radius 3 is 2.80 bits per heavy atom. The predicted octanol–water partition coefficient (Wildman–Crippen LogP) is 3.36. The monoisotopic (exact) mass is 224 g/mol. The maximum absolute atomic E-state index is 5.91. The van der Waals surface area contributed by atoms with Gasteiger partial charge in [-0.15, -0.1) is 0 Å². The summed E-state index contributed by atoms with van der Waals surface area (Å²) >= 11 is 5.91. The molecule has 2 nitrogen and oxygen atoms in total. The molecule has 0 N–H and O–H groups in total. The molecule has 1 aromatic rings. The Morgan fingerprint density at radius 1 is 1.53 bits per heavy atom. The zero-order valence-corrected chi connectivity index (χ0v) is 10.3. The lowest BCUT2D eigenvalue weighted by Crippen LogP contribution is -2.38. The highest BCUT2D eigenvalue weighted by Gasteiger charge is 2.36. The van der Waals surface area contributed by atoms with Gasteiger partial charge >= 0.3 is 0 Å². The fourth-order valence-electron chi connectivity index (χ4n) is 2.60. The maximum Gasteiger partial charge on any atom is 0.131 e. The third-order valence-corrected chi connectivity index (χ3v) is 3.30. The van der Waals surface area contributed by atoms with Crippen LogP contribution in [0.5, 0.6) is 0 Å². The zero-order valence-electron chi connectivity index (χ0n) is 9.50. The molecule has 1 aromatic heterocycles. The third kappa shape index (κ3) is 2.10. The normalized spacial score (nSPS) is 24.5. The molecular weight excluding hydrogens is 208 g/mol. The second kappa shape index (κ2) is 3.67. The van der Waals surface area contributed by atoms with Crippen molar-refractivity contribution in [2.45, 2.75) is 32.7 Å². The maximum atomic E-state index is 5.91. The molecular formula is C12H17ClN2. The third-order valence-electron chi connectivity index (χ3n) is 3.09. The van der Waals surface area contributed by atoms with Gasteiger partial charge in [-0.3, -0.25) is 0 Å². The molecule has 1 aliphatic heterocycles. The van der Waals surface area contributed by atoms with Crippen molar-refractivity contribution in [2.24, 2.45) is 5.92 Å². The van der Waals surface area contributed by atoms with Crippen molar-refractivity contribution in [1.29, 1.82) is 0 Å². The average Bonchev–Trinajstić information content (AvgIpc) is 2.39. The molecule has 0 amide bonds. The van der Waals surface area contributed by atoms with Gasteiger partial charge in [-0.25, -0.2) is 4.98 Å². The summed E-state index contributed by atoms with van der Waals surface area (Å²) in [6.07, 6.45) is 3.00. The van der Waals surface area contributed by atoms with Crippen LogP contribution in [0.2, 0.25) is 5.15 Å². The van der Waals surface area contributed by atoms with Crippen LogP contribution in [-0.2, 0) is 0 Å². The van der Waals surface area contributed by atoms with Crippen LogP contribution in [0.25, 0.3) is 0 Å². The predicted molar refractivity (Wildman–Crippen MR) is 64.5 cm³/mol. The van der Waals surface area contributed by atoms with E-state index < -0.39 is 0 Å². The van der Waals surface area contributed by atoms with Crippen LogP contribution in [-0.4, -0.2) is 17.1 Å². The van der Waals surface area contributed by atoms with Crippen LogP contribution in [0, 0.1) is 5.92 Å². The Balaban J connectivity index is 2.31. The molecule has 2 heterocycles.